The number of carbonyl (C=O) groups is 2. The number of nitrogens with zero attached hydrogens (tertiary/aromatic N) is 1. The average molecular weight is 539 g/mol. The number of nitrogen functional groups attached to an aromatic ring is 1. The van der Waals surface area contributed by atoms with E-state index in [0.29, 0.717) is 44.2 Å². The van der Waals surface area contributed by atoms with Gasteiger partial charge < -0.3 is 21.1 Å². The zero-order valence-electron chi connectivity index (χ0n) is 21.1. The lowest BCUT2D eigenvalue weighted by atomic mass is 9.95. The van der Waals surface area contributed by atoms with Gasteiger partial charge in [-0.1, -0.05) is 36.4 Å². The molecule has 0 spiro atoms. The molecule has 0 radical (unpaired) electrons. The van der Waals surface area contributed by atoms with E-state index in [0.717, 1.165) is 23.3 Å². The molecule has 1 atom stereocenters. The van der Waals surface area contributed by atoms with Crippen molar-refractivity contribution >= 4 is 35.0 Å². The van der Waals surface area contributed by atoms with Crippen LogP contribution < -0.4 is 16.4 Å². The van der Waals surface area contributed by atoms with Crippen molar-refractivity contribution in [3.63, 3.8) is 0 Å². The predicted octanol–water partition coefficient (Wildman–Crippen LogP) is 4.99. The Balaban J connectivity index is 1.46. The zero-order chi connectivity index (χ0) is 27.8. The highest BCUT2D eigenvalue weighted by Crippen LogP contribution is 2.30. The number of ether oxygens (including phenoxy) is 1. The SMILES string of the molecule is Nc1ccccc1NC(=O)C=Cc1ccc(C(CN2CCOCC2)C(=O)Nc2ccc(C(F)(F)F)cc2)cc1. The Morgan fingerprint density at radius 3 is 2.26 bits per heavy atom. The fourth-order valence-electron chi connectivity index (χ4n) is 4.15. The van der Waals surface area contributed by atoms with E-state index in [-0.39, 0.29) is 17.5 Å². The highest BCUT2D eigenvalue weighted by Gasteiger charge is 2.30. The molecule has 2 amide bonds. The normalized spacial score (nSPS) is 15.2. The third-order valence-corrected chi connectivity index (χ3v) is 6.33. The number of nitrogens with two attached hydrogens (primary N) is 1. The third-order valence-electron chi connectivity index (χ3n) is 6.33. The van der Waals surface area contributed by atoms with E-state index in [1.54, 1.807) is 42.5 Å². The van der Waals surface area contributed by atoms with Crippen molar-refractivity contribution in [3.8, 4) is 0 Å². The van der Waals surface area contributed by atoms with Crippen LogP contribution in [0.1, 0.15) is 22.6 Å². The highest BCUT2D eigenvalue weighted by atomic mass is 19.4. The smallest absolute Gasteiger partial charge is 0.397 e. The number of halogens is 3. The molecule has 1 saturated heterocycles. The number of hydrogen-bond donors (Lipinski definition) is 3. The fraction of sp³-hybridized carbons (Fsp3) is 0.241. The molecule has 1 aliphatic rings. The molecular weight excluding hydrogens is 509 g/mol. The van der Waals surface area contributed by atoms with Crippen LogP contribution in [0.5, 0.6) is 0 Å². The monoisotopic (exact) mass is 538 g/mol. The molecule has 4 rings (SSSR count). The Kier molecular flexibility index (Phi) is 9.00. The first-order chi connectivity index (χ1) is 18.7. The lowest BCUT2D eigenvalue weighted by Gasteiger charge is -2.30. The van der Waals surface area contributed by atoms with E-state index in [4.69, 9.17) is 10.5 Å². The molecule has 4 N–H and O–H groups in total. The van der Waals surface area contributed by atoms with Crippen molar-refractivity contribution in [2.75, 3.05) is 49.2 Å². The first-order valence-electron chi connectivity index (χ1n) is 12.4. The molecule has 0 aliphatic carbocycles. The quantitative estimate of drug-likeness (QED) is 0.277. The van der Waals surface area contributed by atoms with E-state index in [9.17, 15) is 22.8 Å². The second-order valence-electron chi connectivity index (χ2n) is 9.11. The second kappa shape index (κ2) is 12.6. The average Bonchev–Trinajstić information content (AvgIpc) is 2.92. The molecule has 1 heterocycles. The van der Waals surface area contributed by atoms with Crippen molar-refractivity contribution in [2.45, 2.75) is 12.1 Å². The summed E-state index contributed by atoms with van der Waals surface area (Å²) >= 11 is 0. The molecule has 0 saturated carbocycles. The van der Waals surface area contributed by atoms with Crippen LogP contribution in [0.2, 0.25) is 0 Å². The summed E-state index contributed by atoms with van der Waals surface area (Å²) < 4.78 is 44.1. The van der Waals surface area contributed by atoms with Gasteiger partial charge in [0, 0.05) is 31.4 Å². The number of hydrogen-bond acceptors (Lipinski definition) is 5. The topological polar surface area (TPSA) is 96.7 Å². The van der Waals surface area contributed by atoms with Gasteiger partial charge in [-0.15, -0.1) is 0 Å². The van der Waals surface area contributed by atoms with Gasteiger partial charge in [0.15, 0.2) is 0 Å². The maximum Gasteiger partial charge on any atom is 0.416 e. The first-order valence-corrected chi connectivity index (χ1v) is 12.4. The summed E-state index contributed by atoms with van der Waals surface area (Å²) in [4.78, 5) is 27.7. The van der Waals surface area contributed by atoms with Crippen molar-refractivity contribution in [1.29, 1.82) is 0 Å². The Hall–Kier alpha value is -4.15. The van der Waals surface area contributed by atoms with E-state index in [1.165, 1.54) is 18.2 Å². The van der Waals surface area contributed by atoms with Crippen molar-refractivity contribution < 1.29 is 27.5 Å². The minimum atomic E-state index is -4.45. The Bertz CT molecular complexity index is 1300. The number of carbonyl (C=O) groups excluding carboxylic acids is 2. The zero-order valence-corrected chi connectivity index (χ0v) is 21.1. The number of amides is 2. The fourth-order valence-corrected chi connectivity index (χ4v) is 4.15. The van der Waals surface area contributed by atoms with Gasteiger partial charge in [0.2, 0.25) is 11.8 Å². The van der Waals surface area contributed by atoms with Crippen LogP contribution in [-0.4, -0.2) is 49.6 Å². The molecule has 3 aromatic carbocycles. The summed E-state index contributed by atoms with van der Waals surface area (Å²) in [5.41, 5.74) is 7.83. The first kappa shape index (κ1) is 27.9. The maximum absolute atomic E-state index is 13.3. The number of anilines is 3. The summed E-state index contributed by atoms with van der Waals surface area (Å²) in [7, 11) is 0. The lowest BCUT2D eigenvalue weighted by Crippen LogP contribution is -2.41. The summed E-state index contributed by atoms with van der Waals surface area (Å²) in [6.07, 6.45) is -1.41. The summed E-state index contributed by atoms with van der Waals surface area (Å²) in [6.45, 7) is 2.89. The molecule has 0 bridgehead atoms. The Morgan fingerprint density at radius 2 is 1.62 bits per heavy atom. The largest absolute Gasteiger partial charge is 0.416 e. The van der Waals surface area contributed by atoms with Gasteiger partial charge in [0.1, 0.15) is 0 Å². The molecule has 10 heteroatoms. The van der Waals surface area contributed by atoms with Crippen LogP contribution in [0.3, 0.4) is 0 Å². The van der Waals surface area contributed by atoms with Crippen LogP contribution in [0.15, 0.2) is 78.9 Å². The van der Waals surface area contributed by atoms with E-state index in [1.807, 2.05) is 12.1 Å². The summed E-state index contributed by atoms with van der Waals surface area (Å²) in [6, 6.07) is 18.5. The van der Waals surface area contributed by atoms with Gasteiger partial charge in [-0.05, 0) is 53.6 Å². The van der Waals surface area contributed by atoms with Gasteiger partial charge in [-0.3, -0.25) is 14.5 Å². The molecule has 1 aliphatic heterocycles. The van der Waals surface area contributed by atoms with E-state index >= 15 is 0 Å². The van der Waals surface area contributed by atoms with Gasteiger partial charge >= 0.3 is 6.18 Å². The Morgan fingerprint density at radius 1 is 0.949 bits per heavy atom. The van der Waals surface area contributed by atoms with Gasteiger partial charge in [-0.25, -0.2) is 0 Å². The van der Waals surface area contributed by atoms with Gasteiger partial charge in [-0.2, -0.15) is 13.2 Å². The lowest BCUT2D eigenvalue weighted by molar-refractivity contribution is -0.137. The van der Waals surface area contributed by atoms with E-state index < -0.39 is 17.7 Å². The minimum Gasteiger partial charge on any atom is -0.397 e. The number of nitrogens with one attached hydrogen (secondary N) is 2. The number of para-hydroxylation sites is 2. The molecule has 39 heavy (non-hydrogen) atoms. The van der Waals surface area contributed by atoms with Crippen LogP contribution >= 0.6 is 0 Å². The molecule has 1 unspecified atom stereocenters. The summed E-state index contributed by atoms with van der Waals surface area (Å²) in [5.74, 6) is -1.24. The van der Waals surface area contributed by atoms with Crippen molar-refractivity contribution in [3.05, 3.63) is 95.6 Å². The number of alkyl halides is 3. The molecule has 3 aromatic rings. The molecule has 1 fully saturated rings. The maximum atomic E-state index is 13.3. The van der Waals surface area contributed by atoms with Crippen LogP contribution in [0.4, 0.5) is 30.2 Å². The van der Waals surface area contributed by atoms with Crippen LogP contribution in [0.25, 0.3) is 6.08 Å². The van der Waals surface area contributed by atoms with Crippen LogP contribution in [-0.2, 0) is 20.5 Å². The third kappa shape index (κ3) is 7.92. The molecule has 0 aromatic heterocycles. The molecule has 7 nitrogen and oxygen atoms in total. The van der Waals surface area contributed by atoms with Gasteiger partial charge in [0.05, 0.1) is 36.1 Å². The number of rotatable bonds is 8. The Labute approximate surface area is 224 Å². The minimum absolute atomic E-state index is 0.282. The molecule has 204 valence electrons. The van der Waals surface area contributed by atoms with Crippen molar-refractivity contribution in [2.24, 2.45) is 0 Å². The highest BCUT2D eigenvalue weighted by molar-refractivity contribution is 6.03. The second-order valence-corrected chi connectivity index (χ2v) is 9.11. The standard InChI is InChI=1S/C29H29F3N4O3/c30-29(31,32)22-10-12-23(13-11-22)34-28(38)24(19-36-15-17-39-18-16-36)21-8-5-20(6-9-21)7-14-27(37)35-26-4-2-1-3-25(26)33/h1-14,24H,15-19,33H2,(H,34,38)(H,35,37). The van der Waals surface area contributed by atoms with E-state index in [2.05, 4.69) is 15.5 Å². The number of benzene rings is 3. The van der Waals surface area contributed by atoms with Crippen LogP contribution in [0, 0.1) is 0 Å². The summed E-state index contributed by atoms with van der Waals surface area (Å²) in [5, 5.41) is 5.47. The van der Waals surface area contributed by atoms with Crippen molar-refractivity contribution in [1.82, 2.24) is 4.90 Å². The number of morpholine rings is 1. The van der Waals surface area contributed by atoms with Gasteiger partial charge in [0.25, 0.3) is 0 Å². The predicted molar refractivity (Wildman–Crippen MR) is 145 cm³/mol. The molecular formula is C29H29F3N4O3.